The van der Waals surface area contributed by atoms with Gasteiger partial charge in [-0.3, -0.25) is 0 Å². The molecule has 6 rings (SSSR count). The van der Waals surface area contributed by atoms with E-state index in [2.05, 4.69) is 95.4 Å². The van der Waals surface area contributed by atoms with E-state index >= 15 is 0 Å². The van der Waals surface area contributed by atoms with Crippen molar-refractivity contribution < 1.29 is 9.31 Å². The Labute approximate surface area is 242 Å². The molecule has 1 aliphatic rings. The highest BCUT2D eigenvalue weighted by atomic mass is 16.7. The first-order valence-corrected chi connectivity index (χ1v) is 14.0. The molecule has 0 aliphatic carbocycles. The first-order valence-electron chi connectivity index (χ1n) is 14.0. The minimum atomic E-state index is -0.532. The third-order valence-electron chi connectivity index (χ3n) is 8.22. The van der Waals surface area contributed by atoms with Crippen molar-refractivity contribution in [2.75, 3.05) is 0 Å². The van der Waals surface area contributed by atoms with Gasteiger partial charge in [0.25, 0.3) is 0 Å². The van der Waals surface area contributed by atoms with Crippen LogP contribution < -0.4 is 0 Å². The van der Waals surface area contributed by atoms with Crippen LogP contribution in [0.4, 0.5) is 0 Å². The maximum atomic E-state index is 6.28. The normalized spacial score (nSPS) is 16.6. The van der Waals surface area contributed by atoms with Crippen LogP contribution in [0.1, 0.15) is 33.4 Å². The monoisotopic (exact) mass is 536 g/mol. The van der Waals surface area contributed by atoms with Crippen molar-refractivity contribution in [1.29, 1.82) is 0 Å². The summed E-state index contributed by atoms with van der Waals surface area (Å²) in [5.74, 6) is 2.66. The number of hydrogen-bond acceptors (Lipinski definition) is 3. The van der Waals surface area contributed by atoms with Gasteiger partial charge in [-0.25, -0.2) is 4.52 Å². The first kappa shape index (κ1) is 26.8. The molecule has 3 heterocycles. The fraction of sp³-hybridized carbons (Fsp3) is 0.194. The molecular formula is C36H33BN2O2. The second-order valence-electron chi connectivity index (χ2n) is 11.4. The van der Waals surface area contributed by atoms with E-state index in [4.69, 9.17) is 20.8 Å². The minimum absolute atomic E-state index is 0.448. The van der Waals surface area contributed by atoms with Gasteiger partial charge in [0.05, 0.1) is 28.1 Å². The lowest BCUT2D eigenvalue weighted by Gasteiger charge is -2.32. The van der Waals surface area contributed by atoms with Crippen LogP contribution in [-0.4, -0.2) is 27.9 Å². The lowest BCUT2D eigenvalue weighted by Crippen LogP contribution is -2.41. The van der Waals surface area contributed by atoms with Gasteiger partial charge in [-0.15, -0.1) is 6.42 Å². The molecule has 4 nitrogen and oxygen atoms in total. The Hall–Kier alpha value is -4.37. The van der Waals surface area contributed by atoms with Crippen LogP contribution >= 0.6 is 0 Å². The molecule has 0 N–H and O–H groups in total. The van der Waals surface area contributed by atoms with E-state index in [0.29, 0.717) is 6.42 Å². The minimum Gasteiger partial charge on any atom is -0.399 e. The summed E-state index contributed by atoms with van der Waals surface area (Å²) in [6.07, 6.45) is 12.1. The van der Waals surface area contributed by atoms with E-state index in [1.54, 1.807) is 6.08 Å². The molecule has 5 aromatic rings. The number of benzene rings is 3. The molecule has 0 bridgehead atoms. The van der Waals surface area contributed by atoms with Crippen LogP contribution in [0.3, 0.4) is 0 Å². The highest BCUT2D eigenvalue weighted by molar-refractivity contribution is 6.55. The van der Waals surface area contributed by atoms with Crippen LogP contribution in [0.25, 0.3) is 38.7 Å². The predicted molar refractivity (Wildman–Crippen MR) is 169 cm³/mol. The highest BCUT2D eigenvalue weighted by Crippen LogP contribution is 2.39. The summed E-state index contributed by atoms with van der Waals surface area (Å²) in [5.41, 5.74) is 6.42. The van der Waals surface area contributed by atoms with E-state index in [1.165, 1.54) is 10.8 Å². The number of hydrogen-bond donors (Lipinski definition) is 0. The van der Waals surface area contributed by atoms with E-state index in [-0.39, 0.29) is 0 Å². The number of rotatable bonds is 6. The van der Waals surface area contributed by atoms with Crippen LogP contribution in [0, 0.1) is 12.3 Å². The molecule has 0 saturated carbocycles. The fourth-order valence-corrected chi connectivity index (χ4v) is 5.38. The van der Waals surface area contributed by atoms with E-state index in [1.807, 2.05) is 45.9 Å². The van der Waals surface area contributed by atoms with Gasteiger partial charge in [0.1, 0.15) is 0 Å². The maximum Gasteiger partial charge on any atom is 0.495 e. The molecule has 0 unspecified atom stereocenters. The predicted octanol–water partition coefficient (Wildman–Crippen LogP) is 8.11. The molecule has 0 spiro atoms. The molecule has 0 radical (unpaired) electrons. The SMILES string of the molecule is C#C/C=C(\C=C/Cc1nn2c(-c3ccccc3)cc3ccccc3c2c1-c1ccccc1)B1OC(C)(C)C(C)(C)O1. The zero-order valence-electron chi connectivity index (χ0n) is 24.0. The van der Waals surface area contributed by atoms with Gasteiger partial charge in [0, 0.05) is 22.9 Å². The zero-order chi connectivity index (χ0) is 28.6. The van der Waals surface area contributed by atoms with E-state index < -0.39 is 18.3 Å². The van der Waals surface area contributed by atoms with Crippen molar-refractivity contribution in [2.45, 2.75) is 45.3 Å². The average molecular weight is 536 g/mol. The molecule has 202 valence electrons. The van der Waals surface area contributed by atoms with Crippen molar-refractivity contribution in [1.82, 2.24) is 9.61 Å². The summed E-state index contributed by atoms with van der Waals surface area (Å²) in [4.78, 5) is 0. The highest BCUT2D eigenvalue weighted by Gasteiger charge is 2.52. The molecule has 1 fully saturated rings. The van der Waals surface area contributed by atoms with Gasteiger partial charge in [-0.1, -0.05) is 103 Å². The topological polar surface area (TPSA) is 35.8 Å². The Balaban J connectivity index is 1.49. The Morgan fingerprint density at radius 2 is 1.49 bits per heavy atom. The number of nitrogens with zero attached hydrogens (tertiary/aromatic N) is 2. The number of aromatic nitrogens is 2. The van der Waals surface area contributed by atoms with Gasteiger partial charge < -0.3 is 9.31 Å². The smallest absolute Gasteiger partial charge is 0.399 e. The summed E-state index contributed by atoms with van der Waals surface area (Å²) in [6.45, 7) is 8.17. The molecule has 0 atom stereocenters. The molecule has 1 aliphatic heterocycles. The van der Waals surface area contributed by atoms with E-state index in [9.17, 15) is 0 Å². The summed E-state index contributed by atoms with van der Waals surface area (Å²) >= 11 is 0. The van der Waals surface area contributed by atoms with Crippen molar-refractivity contribution >= 4 is 23.4 Å². The van der Waals surface area contributed by atoms with Crippen molar-refractivity contribution in [3.05, 3.63) is 120 Å². The Kier molecular flexibility index (Phi) is 6.91. The molecule has 41 heavy (non-hydrogen) atoms. The largest absolute Gasteiger partial charge is 0.495 e. The third kappa shape index (κ3) is 4.91. The van der Waals surface area contributed by atoms with Gasteiger partial charge in [0.15, 0.2) is 0 Å². The Morgan fingerprint density at radius 1 is 0.878 bits per heavy atom. The van der Waals surface area contributed by atoms with Crippen LogP contribution in [-0.2, 0) is 15.7 Å². The lowest BCUT2D eigenvalue weighted by molar-refractivity contribution is 0.00578. The summed E-state index contributed by atoms with van der Waals surface area (Å²) in [5, 5.41) is 7.59. The van der Waals surface area contributed by atoms with Crippen molar-refractivity contribution in [3.63, 3.8) is 0 Å². The van der Waals surface area contributed by atoms with Crippen molar-refractivity contribution in [2.24, 2.45) is 0 Å². The lowest BCUT2D eigenvalue weighted by atomic mass is 9.77. The number of allylic oxidation sites excluding steroid dienone is 4. The molecule has 5 heteroatoms. The number of fused-ring (bicyclic) bond motifs is 3. The number of terminal acetylenes is 1. The summed E-state index contributed by atoms with van der Waals surface area (Å²) in [7, 11) is -0.532. The average Bonchev–Trinajstić information content (AvgIpc) is 3.46. The van der Waals surface area contributed by atoms with Crippen molar-refractivity contribution in [3.8, 4) is 34.7 Å². The Morgan fingerprint density at radius 3 is 2.15 bits per heavy atom. The van der Waals surface area contributed by atoms with Gasteiger partial charge >= 0.3 is 7.12 Å². The van der Waals surface area contributed by atoms with Gasteiger partial charge in [-0.2, -0.15) is 5.10 Å². The molecule has 0 amide bonds. The van der Waals surface area contributed by atoms with Crippen LogP contribution in [0.2, 0.25) is 0 Å². The Bertz CT molecular complexity index is 1810. The zero-order valence-corrected chi connectivity index (χ0v) is 24.0. The van der Waals surface area contributed by atoms with Crippen LogP contribution in [0.5, 0.6) is 0 Å². The second-order valence-corrected chi connectivity index (χ2v) is 11.4. The quantitative estimate of drug-likeness (QED) is 0.125. The van der Waals surface area contributed by atoms with Gasteiger partial charge in [0.2, 0.25) is 0 Å². The standard InChI is InChI=1S/C36H33BN2O2/c1-6-16-29(37-40-35(2,3)36(4,5)41-37)22-15-24-31-33(27-19-11-8-12-20-27)34-30-23-14-13-21-28(30)25-32(39(34)38-31)26-17-9-7-10-18-26/h1,7-23,25H,24H2,2-5H3/b22-15-,29-16+. The molecule has 2 aromatic heterocycles. The maximum absolute atomic E-state index is 6.28. The first-order chi connectivity index (χ1) is 19.8. The summed E-state index contributed by atoms with van der Waals surface area (Å²) in [6, 6.07) is 31.7. The second kappa shape index (κ2) is 10.6. The van der Waals surface area contributed by atoms with E-state index in [0.717, 1.165) is 39.1 Å². The molecule has 3 aromatic carbocycles. The third-order valence-corrected chi connectivity index (χ3v) is 8.22. The fourth-order valence-electron chi connectivity index (χ4n) is 5.38. The van der Waals surface area contributed by atoms with Gasteiger partial charge in [-0.05, 0) is 56.3 Å². The summed E-state index contributed by atoms with van der Waals surface area (Å²) < 4.78 is 14.7. The molecular weight excluding hydrogens is 503 g/mol. The molecule has 1 saturated heterocycles. The number of pyridine rings is 1. The van der Waals surface area contributed by atoms with Crippen LogP contribution in [0.15, 0.2) is 115 Å².